The highest BCUT2D eigenvalue weighted by molar-refractivity contribution is 8.00. The molecule has 0 radical (unpaired) electrons. The van der Waals surface area contributed by atoms with Crippen molar-refractivity contribution in [3.05, 3.63) is 35.6 Å². The molecule has 2 rings (SSSR count). The standard InChI is InChI=1S/C17H26FN3OS/c1-4-19-16(21-9-10-23-17(2,3)12-21)20-11-15(22)13-5-7-14(18)8-6-13/h5-8,15,22H,4,9-12H2,1-3H3,(H,19,20). The number of guanidine groups is 1. The van der Waals surface area contributed by atoms with E-state index in [2.05, 4.69) is 29.1 Å². The molecule has 1 fully saturated rings. The van der Waals surface area contributed by atoms with Crippen LogP contribution in [-0.4, -0.2) is 52.6 Å². The second kappa shape index (κ2) is 8.02. The number of nitrogens with one attached hydrogen (secondary N) is 1. The summed E-state index contributed by atoms with van der Waals surface area (Å²) in [7, 11) is 0. The highest BCUT2D eigenvalue weighted by atomic mass is 32.2. The molecular formula is C17H26FN3OS. The van der Waals surface area contributed by atoms with Gasteiger partial charge in [0, 0.05) is 30.1 Å². The Labute approximate surface area is 142 Å². The van der Waals surface area contributed by atoms with E-state index in [1.54, 1.807) is 12.1 Å². The van der Waals surface area contributed by atoms with Crippen molar-refractivity contribution in [2.75, 3.05) is 31.9 Å². The normalized spacial score (nSPS) is 19.5. The van der Waals surface area contributed by atoms with E-state index in [0.717, 1.165) is 31.3 Å². The molecule has 1 aromatic rings. The number of nitrogens with zero attached hydrogens (tertiary/aromatic N) is 2. The van der Waals surface area contributed by atoms with Gasteiger partial charge in [-0.15, -0.1) is 0 Å². The molecule has 1 saturated heterocycles. The fourth-order valence-electron chi connectivity index (χ4n) is 2.59. The first-order valence-corrected chi connectivity index (χ1v) is 9.00. The zero-order valence-electron chi connectivity index (χ0n) is 14.1. The molecule has 0 aromatic heterocycles. The van der Waals surface area contributed by atoms with Crippen molar-refractivity contribution in [3.8, 4) is 0 Å². The van der Waals surface area contributed by atoms with Gasteiger partial charge < -0.3 is 15.3 Å². The number of hydrogen-bond donors (Lipinski definition) is 2. The fourth-order valence-corrected chi connectivity index (χ4v) is 3.70. The van der Waals surface area contributed by atoms with E-state index >= 15 is 0 Å². The number of rotatable bonds is 4. The first-order chi connectivity index (χ1) is 10.9. The molecular weight excluding hydrogens is 313 g/mol. The number of halogens is 1. The van der Waals surface area contributed by atoms with Crippen molar-refractivity contribution >= 4 is 17.7 Å². The summed E-state index contributed by atoms with van der Waals surface area (Å²) in [5.41, 5.74) is 0.681. The van der Waals surface area contributed by atoms with E-state index in [0.29, 0.717) is 5.56 Å². The van der Waals surface area contributed by atoms with Crippen LogP contribution >= 0.6 is 11.8 Å². The van der Waals surface area contributed by atoms with Gasteiger partial charge >= 0.3 is 0 Å². The van der Waals surface area contributed by atoms with E-state index in [4.69, 9.17) is 0 Å². The van der Waals surface area contributed by atoms with Crippen LogP contribution < -0.4 is 5.32 Å². The molecule has 128 valence electrons. The monoisotopic (exact) mass is 339 g/mol. The van der Waals surface area contributed by atoms with Gasteiger partial charge in [-0.25, -0.2) is 4.39 Å². The van der Waals surface area contributed by atoms with Crippen molar-refractivity contribution in [2.24, 2.45) is 4.99 Å². The minimum atomic E-state index is -0.726. The maximum atomic E-state index is 13.0. The van der Waals surface area contributed by atoms with Crippen LogP contribution in [0.4, 0.5) is 4.39 Å². The fraction of sp³-hybridized carbons (Fsp3) is 0.588. The Morgan fingerprint density at radius 1 is 1.43 bits per heavy atom. The topological polar surface area (TPSA) is 47.9 Å². The van der Waals surface area contributed by atoms with Crippen LogP contribution in [0.15, 0.2) is 29.3 Å². The Morgan fingerprint density at radius 2 is 2.13 bits per heavy atom. The van der Waals surface area contributed by atoms with Crippen LogP contribution in [0.5, 0.6) is 0 Å². The summed E-state index contributed by atoms with van der Waals surface area (Å²) in [5, 5.41) is 13.6. The van der Waals surface area contributed by atoms with Gasteiger partial charge in [0.2, 0.25) is 0 Å². The van der Waals surface area contributed by atoms with Crippen LogP contribution in [0.2, 0.25) is 0 Å². The highest BCUT2D eigenvalue weighted by Crippen LogP contribution is 2.29. The van der Waals surface area contributed by atoms with Gasteiger partial charge in [-0.3, -0.25) is 4.99 Å². The van der Waals surface area contributed by atoms with Crippen molar-refractivity contribution in [2.45, 2.75) is 31.6 Å². The number of aliphatic hydroxyl groups excluding tert-OH is 1. The molecule has 0 spiro atoms. The van der Waals surface area contributed by atoms with Gasteiger partial charge in [0.25, 0.3) is 0 Å². The zero-order valence-corrected chi connectivity index (χ0v) is 14.9. The molecule has 0 saturated carbocycles. The van der Waals surface area contributed by atoms with E-state index in [1.807, 2.05) is 18.7 Å². The van der Waals surface area contributed by atoms with Crippen LogP contribution in [0.1, 0.15) is 32.4 Å². The second-order valence-electron chi connectivity index (χ2n) is 6.29. The molecule has 6 heteroatoms. The third kappa shape index (κ3) is 5.39. The average Bonchev–Trinajstić information content (AvgIpc) is 2.50. The third-order valence-electron chi connectivity index (χ3n) is 3.73. The van der Waals surface area contributed by atoms with Crippen LogP contribution in [0.3, 0.4) is 0 Å². The lowest BCUT2D eigenvalue weighted by molar-refractivity contribution is 0.186. The van der Waals surface area contributed by atoms with Gasteiger partial charge in [0.1, 0.15) is 5.82 Å². The lowest BCUT2D eigenvalue weighted by Gasteiger charge is -2.39. The highest BCUT2D eigenvalue weighted by Gasteiger charge is 2.28. The molecule has 23 heavy (non-hydrogen) atoms. The van der Waals surface area contributed by atoms with Gasteiger partial charge in [0.05, 0.1) is 12.6 Å². The van der Waals surface area contributed by atoms with Gasteiger partial charge in [0.15, 0.2) is 5.96 Å². The number of aliphatic hydroxyl groups is 1. The summed E-state index contributed by atoms with van der Waals surface area (Å²) in [5.74, 6) is 1.60. The maximum absolute atomic E-state index is 13.0. The van der Waals surface area contributed by atoms with Crippen molar-refractivity contribution in [1.82, 2.24) is 10.2 Å². The first kappa shape index (κ1) is 18.1. The molecule has 0 amide bonds. The second-order valence-corrected chi connectivity index (χ2v) is 8.09. The summed E-state index contributed by atoms with van der Waals surface area (Å²) < 4.78 is 13.2. The number of aliphatic imine (C=N–C) groups is 1. The van der Waals surface area contributed by atoms with E-state index in [1.165, 1.54) is 12.1 Å². The van der Waals surface area contributed by atoms with E-state index < -0.39 is 6.10 Å². The lowest BCUT2D eigenvalue weighted by atomic mass is 10.1. The number of hydrogen-bond acceptors (Lipinski definition) is 3. The third-order valence-corrected chi connectivity index (χ3v) is 5.03. The van der Waals surface area contributed by atoms with E-state index in [-0.39, 0.29) is 17.1 Å². The summed E-state index contributed by atoms with van der Waals surface area (Å²) >= 11 is 1.97. The quantitative estimate of drug-likeness (QED) is 0.654. The SMILES string of the molecule is CCNC(=NCC(O)c1ccc(F)cc1)N1CCSC(C)(C)C1. The largest absolute Gasteiger partial charge is 0.386 e. The van der Waals surface area contributed by atoms with Crippen LogP contribution in [0.25, 0.3) is 0 Å². The van der Waals surface area contributed by atoms with Gasteiger partial charge in [-0.2, -0.15) is 11.8 Å². The summed E-state index contributed by atoms with van der Waals surface area (Å²) in [6.45, 7) is 9.44. The summed E-state index contributed by atoms with van der Waals surface area (Å²) in [4.78, 5) is 6.83. The molecule has 1 aliphatic rings. The van der Waals surface area contributed by atoms with E-state index in [9.17, 15) is 9.50 Å². The zero-order chi connectivity index (χ0) is 16.9. The summed E-state index contributed by atoms with van der Waals surface area (Å²) in [6.07, 6.45) is -0.726. The molecule has 1 heterocycles. The van der Waals surface area contributed by atoms with Crippen molar-refractivity contribution in [3.63, 3.8) is 0 Å². The Balaban J connectivity index is 2.04. The minimum absolute atomic E-state index is 0.198. The Kier molecular flexibility index (Phi) is 6.30. The number of thioether (sulfide) groups is 1. The Bertz CT molecular complexity index is 533. The molecule has 4 nitrogen and oxygen atoms in total. The first-order valence-electron chi connectivity index (χ1n) is 8.02. The molecule has 1 aliphatic heterocycles. The smallest absolute Gasteiger partial charge is 0.194 e. The van der Waals surface area contributed by atoms with Crippen LogP contribution in [0, 0.1) is 5.82 Å². The average molecular weight is 339 g/mol. The Hall–Kier alpha value is -1.27. The molecule has 0 aliphatic carbocycles. The minimum Gasteiger partial charge on any atom is -0.386 e. The van der Waals surface area contributed by atoms with Crippen LogP contribution in [-0.2, 0) is 0 Å². The van der Waals surface area contributed by atoms with Crippen molar-refractivity contribution in [1.29, 1.82) is 0 Å². The molecule has 0 bridgehead atoms. The summed E-state index contributed by atoms with van der Waals surface area (Å²) in [6, 6.07) is 5.92. The maximum Gasteiger partial charge on any atom is 0.194 e. The van der Waals surface area contributed by atoms with Crippen molar-refractivity contribution < 1.29 is 9.50 Å². The van der Waals surface area contributed by atoms with Gasteiger partial charge in [-0.05, 0) is 38.5 Å². The number of benzene rings is 1. The molecule has 1 aromatic carbocycles. The molecule has 1 atom stereocenters. The molecule has 1 unspecified atom stereocenters. The predicted molar refractivity (Wildman–Crippen MR) is 95.4 cm³/mol. The lowest BCUT2D eigenvalue weighted by Crippen LogP contribution is -2.51. The predicted octanol–water partition coefficient (Wildman–Crippen LogP) is 2.65. The Morgan fingerprint density at radius 3 is 2.74 bits per heavy atom. The molecule has 2 N–H and O–H groups in total. The van der Waals surface area contributed by atoms with Gasteiger partial charge in [-0.1, -0.05) is 12.1 Å².